The standard InChI is InChI=1S/C12H19ClN2O3/c1-7-2-11(14)12(4-10(7)13)15-5-8(17)3-9(18)6-16/h2,4,8-9,15-18H,3,5-6,14H2,1H3. The fourth-order valence-corrected chi connectivity index (χ4v) is 1.72. The summed E-state index contributed by atoms with van der Waals surface area (Å²) in [6.07, 6.45) is -1.59. The first-order valence-electron chi connectivity index (χ1n) is 5.70. The molecule has 0 fully saturated rings. The molecule has 6 heteroatoms. The highest BCUT2D eigenvalue weighted by Crippen LogP contribution is 2.26. The van der Waals surface area contributed by atoms with Crippen molar-refractivity contribution in [1.29, 1.82) is 0 Å². The van der Waals surface area contributed by atoms with Gasteiger partial charge in [-0.3, -0.25) is 0 Å². The first-order valence-corrected chi connectivity index (χ1v) is 6.08. The molecule has 102 valence electrons. The molecule has 1 aromatic carbocycles. The molecule has 5 nitrogen and oxygen atoms in total. The van der Waals surface area contributed by atoms with E-state index in [0.29, 0.717) is 16.4 Å². The van der Waals surface area contributed by atoms with E-state index in [-0.39, 0.29) is 19.6 Å². The third-order valence-electron chi connectivity index (χ3n) is 2.61. The minimum Gasteiger partial charge on any atom is -0.397 e. The molecule has 6 N–H and O–H groups in total. The minimum absolute atomic E-state index is 0.100. The average molecular weight is 275 g/mol. The van der Waals surface area contributed by atoms with Crippen molar-refractivity contribution in [3.63, 3.8) is 0 Å². The van der Waals surface area contributed by atoms with Crippen molar-refractivity contribution in [1.82, 2.24) is 0 Å². The van der Waals surface area contributed by atoms with E-state index >= 15 is 0 Å². The Labute approximate surface area is 111 Å². The van der Waals surface area contributed by atoms with Gasteiger partial charge in [-0.05, 0) is 24.6 Å². The number of hydrogen-bond donors (Lipinski definition) is 5. The van der Waals surface area contributed by atoms with Crippen molar-refractivity contribution >= 4 is 23.0 Å². The van der Waals surface area contributed by atoms with Gasteiger partial charge in [0.15, 0.2) is 0 Å². The quantitative estimate of drug-likeness (QED) is 0.493. The second-order valence-electron chi connectivity index (χ2n) is 4.30. The SMILES string of the molecule is Cc1cc(N)c(NCC(O)CC(O)CO)cc1Cl. The van der Waals surface area contributed by atoms with Gasteiger partial charge in [-0.25, -0.2) is 0 Å². The van der Waals surface area contributed by atoms with E-state index in [4.69, 9.17) is 22.4 Å². The summed E-state index contributed by atoms with van der Waals surface area (Å²) in [7, 11) is 0. The normalized spacial score (nSPS) is 14.3. The van der Waals surface area contributed by atoms with Crippen LogP contribution in [-0.2, 0) is 0 Å². The number of nitrogen functional groups attached to an aromatic ring is 1. The van der Waals surface area contributed by atoms with Gasteiger partial charge in [0.1, 0.15) is 0 Å². The molecule has 1 rings (SSSR count). The third-order valence-corrected chi connectivity index (χ3v) is 3.02. The Morgan fingerprint density at radius 1 is 1.33 bits per heavy atom. The van der Waals surface area contributed by atoms with Crippen molar-refractivity contribution in [3.05, 3.63) is 22.7 Å². The zero-order valence-electron chi connectivity index (χ0n) is 10.2. The number of aliphatic hydroxyl groups excluding tert-OH is 3. The van der Waals surface area contributed by atoms with Crippen LogP contribution in [0.25, 0.3) is 0 Å². The number of rotatable bonds is 6. The van der Waals surface area contributed by atoms with Crippen LogP contribution in [0.5, 0.6) is 0 Å². The number of hydrogen-bond acceptors (Lipinski definition) is 5. The number of halogens is 1. The highest BCUT2D eigenvalue weighted by atomic mass is 35.5. The van der Waals surface area contributed by atoms with Gasteiger partial charge in [0, 0.05) is 18.0 Å². The Morgan fingerprint density at radius 3 is 2.61 bits per heavy atom. The molecule has 0 amide bonds. The largest absolute Gasteiger partial charge is 0.397 e. The first-order chi connectivity index (χ1) is 8.43. The molecular weight excluding hydrogens is 256 g/mol. The Kier molecular flexibility index (Phi) is 5.68. The molecule has 0 aliphatic rings. The predicted octanol–water partition coefficient (Wildman–Crippen LogP) is 0.747. The second kappa shape index (κ2) is 6.80. The van der Waals surface area contributed by atoms with Crippen LogP contribution in [-0.4, -0.2) is 40.7 Å². The fourth-order valence-electron chi connectivity index (χ4n) is 1.56. The predicted molar refractivity (Wildman–Crippen MR) is 72.8 cm³/mol. The smallest absolute Gasteiger partial charge is 0.0796 e. The molecule has 0 heterocycles. The number of anilines is 2. The van der Waals surface area contributed by atoms with E-state index in [1.807, 2.05) is 6.92 Å². The average Bonchev–Trinajstić information content (AvgIpc) is 2.32. The number of aryl methyl sites for hydroxylation is 1. The number of nitrogens with two attached hydrogens (primary N) is 1. The maximum Gasteiger partial charge on any atom is 0.0796 e. The molecule has 1 aromatic rings. The maximum atomic E-state index is 9.62. The number of benzene rings is 1. The molecule has 0 saturated carbocycles. The Bertz CT molecular complexity index is 401. The lowest BCUT2D eigenvalue weighted by Gasteiger charge is -2.16. The van der Waals surface area contributed by atoms with Crippen LogP contribution in [0.3, 0.4) is 0 Å². The van der Waals surface area contributed by atoms with Gasteiger partial charge in [0.25, 0.3) is 0 Å². The zero-order chi connectivity index (χ0) is 13.7. The Hall–Kier alpha value is -1.01. The lowest BCUT2D eigenvalue weighted by molar-refractivity contribution is 0.0460. The third kappa shape index (κ3) is 4.34. The summed E-state index contributed by atoms with van der Waals surface area (Å²) in [5.41, 5.74) is 7.89. The number of aliphatic hydroxyl groups is 3. The van der Waals surface area contributed by atoms with Crippen molar-refractivity contribution < 1.29 is 15.3 Å². The highest BCUT2D eigenvalue weighted by molar-refractivity contribution is 6.31. The lowest BCUT2D eigenvalue weighted by Crippen LogP contribution is -2.27. The van der Waals surface area contributed by atoms with Gasteiger partial charge in [-0.15, -0.1) is 0 Å². The summed E-state index contributed by atoms with van der Waals surface area (Å²) in [6, 6.07) is 3.45. The van der Waals surface area contributed by atoms with Crippen LogP contribution in [0.15, 0.2) is 12.1 Å². The molecule has 0 aliphatic carbocycles. The van der Waals surface area contributed by atoms with Crippen molar-refractivity contribution in [2.45, 2.75) is 25.6 Å². The summed E-state index contributed by atoms with van der Waals surface area (Å²) in [5.74, 6) is 0. The van der Waals surface area contributed by atoms with Crippen LogP contribution in [0.1, 0.15) is 12.0 Å². The first kappa shape index (κ1) is 15.0. The molecule has 0 spiro atoms. The molecule has 2 atom stereocenters. The lowest BCUT2D eigenvalue weighted by atomic mass is 10.1. The fraction of sp³-hybridized carbons (Fsp3) is 0.500. The van der Waals surface area contributed by atoms with Crippen molar-refractivity contribution in [2.24, 2.45) is 0 Å². The van der Waals surface area contributed by atoms with Gasteiger partial charge in [-0.1, -0.05) is 11.6 Å². The summed E-state index contributed by atoms with van der Waals surface area (Å²) >= 11 is 5.98. The van der Waals surface area contributed by atoms with Gasteiger partial charge < -0.3 is 26.4 Å². The van der Waals surface area contributed by atoms with Gasteiger partial charge in [-0.2, -0.15) is 0 Å². The van der Waals surface area contributed by atoms with E-state index in [9.17, 15) is 10.2 Å². The topological polar surface area (TPSA) is 98.7 Å². The molecule has 2 unspecified atom stereocenters. The van der Waals surface area contributed by atoms with E-state index in [0.717, 1.165) is 5.56 Å². The summed E-state index contributed by atoms with van der Waals surface area (Å²) in [4.78, 5) is 0. The second-order valence-corrected chi connectivity index (χ2v) is 4.70. The minimum atomic E-state index is -0.916. The number of nitrogens with one attached hydrogen (secondary N) is 1. The van der Waals surface area contributed by atoms with Crippen LogP contribution in [0, 0.1) is 6.92 Å². The van der Waals surface area contributed by atoms with Gasteiger partial charge >= 0.3 is 0 Å². The van der Waals surface area contributed by atoms with Crippen LogP contribution < -0.4 is 11.1 Å². The van der Waals surface area contributed by atoms with Crippen LogP contribution in [0.2, 0.25) is 5.02 Å². The highest BCUT2D eigenvalue weighted by Gasteiger charge is 2.11. The molecule has 0 aliphatic heterocycles. The molecule has 0 bridgehead atoms. The van der Waals surface area contributed by atoms with Crippen LogP contribution in [0.4, 0.5) is 11.4 Å². The summed E-state index contributed by atoms with van der Waals surface area (Å²) in [5, 5.41) is 31.0. The van der Waals surface area contributed by atoms with Gasteiger partial charge in [0.2, 0.25) is 0 Å². The maximum absolute atomic E-state index is 9.62. The Morgan fingerprint density at radius 2 is 2.00 bits per heavy atom. The molecule has 0 saturated heterocycles. The van der Waals surface area contributed by atoms with Gasteiger partial charge in [0.05, 0.1) is 30.2 Å². The van der Waals surface area contributed by atoms with Crippen molar-refractivity contribution in [2.75, 3.05) is 24.2 Å². The summed E-state index contributed by atoms with van der Waals surface area (Å²) in [6.45, 7) is 1.71. The Balaban J connectivity index is 2.55. The summed E-state index contributed by atoms with van der Waals surface area (Å²) < 4.78 is 0. The monoisotopic (exact) mass is 274 g/mol. The van der Waals surface area contributed by atoms with E-state index in [1.165, 1.54) is 0 Å². The molecule has 0 aromatic heterocycles. The van der Waals surface area contributed by atoms with E-state index in [2.05, 4.69) is 5.32 Å². The van der Waals surface area contributed by atoms with Crippen LogP contribution >= 0.6 is 11.6 Å². The van der Waals surface area contributed by atoms with E-state index < -0.39 is 12.2 Å². The zero-order valence-corrected chi connectivity index (χ0v) is 11.0. The molecule has 0 radical (unpaired) electrons. The van der Waals surface area contributed by atoms with E-state index in [1.54, 1.807) is 12.1 Å². The molecule has 18 heavy (non-hydrogen) atoms. The van der Waals surface area contributed by atoms with Crippen molar-refractivity contribution in [3.8, 4) is 0 Å². The molecular formula is C12H19ClN2O3.